The lowest BCUT2D eigenvalue weighted by molar-refractivity contribution is 0.613. The maximum Gasteiger partial charge on any atom is 0.185 e. The van der Waals surface area contributed by atoms with E-state index >= 15 is 0 Å². The SMILES string of the molecule is CCCc1c(C#N)nnn1Cc1ccc(Cl)cc1. The molecule has 0 spiro atoms. The van der Waals surface area contributed by atoms with Gasteiger partial charge in [-0.25, -0.2) is 4.68 Å². The molecule has 0 saturated heterocycles. The van der Waals surface area contributed by atoms with Crippen LogP contribution in [0.25, 0.3) is 0 Å². The predicted molar refractivity (Wildman–Crippen MR) is 69.3 cm³/mol. The molecule has 0 fully saturated rings. The molecule has 18 heavy (non-hydrogen) atoms. The Hall–Kier alpha value is -1.86. The Morgan fingerprint density at radius 1 is 1.33 bits per heavy atom. The molecule has 0 amide bonds. The zero-order valence-corrected chi connectivity index (χ0v) is 10.9. The lowest BCUT2D eigenvalue weighted by atomic mass is 10.2. The molecular formula is C13H13ClN4. The molecule has 0 atom stereocenters. The summed E-state index contributed by atoms with van der Waals surface area (Å²) in [5.41, 5.74) is 2.41. The van der Waals surface area contributed by atoms with Crippen LogP contribution in [0, 0.1) is 11.3 Å². The highest BCUT2D eigenvalue weighted by Gasteiger charge is 2.11. The molecule has 1 aromatic heterocycles. The fraction of sp³-hybridized carbons (Fsp3) is 0.308. The third-order valence-electron chi connectivity index (χ3n) is 2.68. The summed E-state index contributed by atoms with van der Waals surface area (Å²) in [6.45, 7) is 2.68. The van der Waals surface area contributed by atoms with Crippen LogP contribution < -0.4 is 0 Å². The van der Waals surface area contributed by atoms with Crippen LogP contribution in [-0.4, -0.2) is 15.0 Å². The quantitative estimate of drug-likeness (QED) is 0.849. The standard InChI is InChI=1S/C13H13ClN4/c1-2-3-13-12(8-15)16-17-18(13)9-10-4-6-11(14)7-5-10/h4-7H,2-3,9H2,1H3. The van der Waals surface area contributed by atoms with Crippen molar-refractivity contribution >= 4 is 11.6 Å². The number of nitriles is 1. The first kappa shape index (κ1) is 12.6. The Morgan fingerprint density at radius 2 is 2.06 bits per heavy atom. The van der Waals surface area contributed by atoms with Crippen molar-refractivity contribution in [1.82, 2.24) is 15.0 Å². The van der Waals surface area contributed by atoms with E-state index in [0.717, 1.165) is 24.1 Å². The molecule has 0 saturated carbocycles. The highest BCUT2D eigenvalue weighted by atomic mass is 35.5. The van der Waals surface area contributed by atoms with Crippen molar-refractivity contribution < 1.29 is 0 Å². The van der Waals surface area contributed by atoms with Crippen LogP contribution in [0.5, 0.6) is 0 Å². The van der Waals surface area contributed by atoms with Crippen LogP contribution in [0.4, 0.5) is 0 Å². The van der Waals surface area contributed by atoms with Gasteiger partial charge in [-0.3, -0.25) is 0 Å². The van der Waals surface area contributed by atoms with Gasteiger partial charge in [-0.15, -0.1) is 5.10 Å². The van der Waals surface area contributed by atoms with Gasteiger partial charge in [0.25, 0.3) is 0 Å². The van der Waals surface area contributed by atoms with Crippen LogP contribution in [-0.2, 0) is 13.0 Å². The van der Waals surface area contributed by atoms with Crippen LogP contribution in [0.15, 0.2) is 24.3 Å². The molecule has 1 aromatic carbocycles. The van der Waals surface area contributed by atoms with E-state index in [1.807, 2.05) is 24.3 Å². The Labute approximate surface area is 111 Å². The Balaban J connectivity index is 2.26. The van der Waals surface area contributed by atoms with Crippen LogP contribution >= 0.6 is 11.6 Å². The van der Waals surface area contributed by atoms with Gasteiger partial charge >= 0.3 is 0 Å². The summed E-state index contributed by atoms with van der Waals surface area (Å²) < 4.78 is 1.78. The molecule has 0 aliphatic rings. The number of hydrogen-bond donors (Lipinski definition) is 0. The smallest absolute Gasteiger partial charge is 0.185 e. The maximum atomic E-state index is 8.98. The number of hydrogen-bond acceptors (Lipinski definition) is 3. The first-order valence-corrected chi connectivity index (χ1v) is 6.19. The van der Waals surface area contributed by atoms with E-state index in [2.05, 4.69) is 23.3 Å². The minimum Gasteiger partial charge on any atom is -0.244 e. The Bertz CT molecular complexity index is 566. The van der Waals surface area contributed by atoms with Crippen LogP contribution in [0.3, 0.4) is 0 Å². The summed E-state index contributed by atoms with van der Waals surface area (Å²) >= 11 is 5.84. The predicted octanol–water partition coefficient (Wildman–Crippen LogP) is 2.80. The van der Waals surface area contributed by atoms with E-state index in [1.54, 1.807) is 4.68 Å². The average molecular weight is 261 g/mol. The van der Waals surface area contributed by atoms with Crippen molar-refractivity contribution in [1.29, 1.82) is 5.26 Å². The zero-order chi connectivity index (χ0) is 13.0. The third kappa shape index (κ3) is 2.69. The molecule has 0 aliphatic carbocycles. The van der Waals surface area contributed by atoms with Gasteiger partial charge in [0.2, 0.25) is 0 Å². The van der Waals surface area contributed by atoms with E-state index in [9.17, 15) is 0 Å². The fourth-order valence-corrected chi connectivity index (χ4v) is 1.92. The number of halogens is 1. The van der Waals surface area contributed by atoms with Crippen molar-refractivity contribution in [2.75, 3.05) is 0 Å². The van der Waals surface area contributed by atoms with Gasteiger partial charge in [0.05, 0.1) is 12.2 Å². The van der Waals surface area contributed by atoms with Crippen molar-refractivity contribution in [3.8, 4) is 6.07 Å². The molecule has 0 unspecified atom stereocenters. The Kier molecular flexibility index (Phi) is 3.96. The molecule has 4 nitrogen and oxygen atoms in total. The van der Waals surface area contributed by atoms with Crippen LogP contribution in [0.1, 0.15) is 30.3 Å². The second-order valence-corrected chi connectivity index (χ2v) is 4.47. The zero-order valence-electron chi connectivity index (χ0n) is 10.1. The molecular weight excluding hydrogens is 248 g/mol. The molecule has 0 N–H and O–H groups in total. The summed E-state index contributed by atoms with van der Waals surface area (Å²) in [6, 6.07) is 9.67. The summed E-state index contributed by atoms with van der Waals surface area (Å²) in [7, 11) is 0. The van der Waals surface area contributed by atoms with Gasteiger partial charge < -0.3 is 0 Å². The lowest BCUT2D eigenvalue weighted by Gasteiger charge is -2.05. The molecule has 0 radical (unpaired) electrons. The average Bonchev–Trinajstić information content (AvgIpc) is 2.75. The van der Waals surface area contributed by atoms with Crippen molar-refractivity contribution in [2.45, 2.75) is 26.3 Å². The summed E-state index contributed by atoms with van der Waals surface area (Å²) in [4.78, 5) is 0. The molecule has 1 heterocycles. The highest BCUT2D eigenvalue weighted by molar-refractivity contribution is 6.30. The minimum atomic E-state index is 0.422. The monoisotopic (exact) mass is 260 g/mol. The summed E-state index contributed by atoms with van der Waals surface area (Å²) in [5, 5.41) is 17.6. The molecule has 2 aromatic rings. The summed E-state index contributed by atoms with van der Waals surface area (Å²) in [5.74, 6) is 0. The third-order valence-corrected chi connectivity index (χ3v) is 2.93. The van der Waals surface area contributed by atoms with Gasteiger partial charge in [-0.1, -0.05) is 42.3 Å². The number of nitrogens with zero attached hydrogens (tertiary/aromatic N) is 4. The normalized spacial score (nSPS) is 10.3. The van der Waals surface area contributed by atoms with Gasteiger partial charge in [-0.2, -0.15) is 5.26 Å². The summed E-state index contributed by atoms with van der Waals surface area (Å²) in [6.07, 6.45) is 1.77. The van der Waals surface area contributed by atoms with Gasteiger partial charge in [0, 0.05) is 5.02 Å². The second kappa shape index (κ2) is 5.65. The maximum absolute atomic E-state index is 8.98. The number of rotatable bonds is 4. The van der Waals surface area contributed by atoms with E-state index in [1.165, 1.54) is 0 Å². The van der Waals surface area contributed by atoms with E-state index in [4.69, 9.17) is 16.9 Å². The molecule has 2 rings (SSSR count). The second-order valence-electron chi connectivity index (χ2n) is 4.03. The molecule has 0 bridgehead atoms. The molecule has 5 heteroatoms. The highest BCUT2D eigenvalue weighted by Crippen LogP contribution is 2.13. The van der Waals surface area contributed by atoms with E-state index < -0.39 is 0 Å². The van der Waals surface area contributed by atoms with Crippen molar-refractivity contribution in [2.24, 2.45) is 0 Å². The topological polar surface area (TPSA) is 54.5 Å². The first-order valence-electron chi connectivity index (χ1n) is 5.81. The van der Waals surface area contributed by atoms with E-state index in [-0.39, 0.29) is 0 Å². The van der Waals surface area contributed by atoms with Gasteiger partial charge in [-0.05, 0) is 24.1 Å². The molecule has 0 aliphatic heterocycles. The minimum absolute atomic E-state index is 0.422. The number of aromatic nitrogens is 3. The van der Waals surface area contributed by atoms with Crippen molar-refractivity contribution in [3.05, 3.63) is 46.2 Å². The van der Waals surface area contributed by atoms with Crippen molar-refractivity contribution in [3.63, 3.8) is 0 Å². The fourth-order valence-electron chi connectivity index (χ4n) is 1.79. The van der Waals surface area contributed by atoms with Crippen LogP contribution in [0.2, 0.25) is 5.02 Å². The van der Waals surface area contributed by atoms with Gasteiger partial charge in [0.1, 0.15) is 6.07 Å². The lowest BCUT2D eigenvalue weighted by Crippen LogP contribution is -2.07. The largest absolute Gasteiger partial charge is 0.244 e. The molecule has 92 valence electrons. The van der Waals surface area contributed by atoms with E-state index in [0.29, 0.717) is 17.3 Å². The van der Waals surface area contributed by atoms with Gasteiger partial charge in [0.15, 0.2) is 5.69 Å². The Morgan fingerprint density at radius 3 is 2.67 bits per heavy atom. The first-order chi connectivity index (χ1) is 8.74. The number of benzene rings is 1.